The number of rotatable bonds is 3. The summed E-state index contributed by atoms with van der Waals surface area (Å²) >= 11 is 1.42. The normalized spacial score (nSPS) is 12.7. The summed E-state index contributed by atoms with van der Waals surface area (Å²) in [6, 6.07) is 10.6. The molecule has 0 aliphatic rings. The van der Waals surface area contributed by atoms with Crippen LogP contribution in [0.3, 0.4) is 0 Å². The Morgan fingerprint density at radius 1 is 1.21 bits per heavy atom. The number of aryl methyl sites for hydroxylation is 1. The van der Waals surface area contributed by atoms with Crippen LogP contribution < -0.4 is 5.32 Å². The number of benzene rings is 1. The van der Waals surface area contributed by atoms with Crippen LogP contribution in [0.4, 0.5) is 0 Å². The molecule has 0 saturated carbocycles. The molecule has 0 spiro atoms. The smallest absolute Gasteiger partial charge is 0.0705 e. The highest BCUT2D eigenvalue weighted by atomic mass is 32.1. The molecule has 19 heavy (non-hydrogen) atoms. The molecule has 1 unspecified atom stereocenters. The minimum Gasteiger partial charge on any atom is -0.309 e. The van der Waals surface area contributed by atoms with Gasteiger partial charge in [0.2, 0.25) is 0 Å². The van der Waals surface area contributed by atoms with E-state index < -0.39 is 0 Å². The number of hydrogen-bond acceptors (Lipinski definition) is 5. The van der Waals surface area contributed by atoms with Gasteiger partial charge in [0.25, 0.3) is 0 Å². The average molecular weight is 270 g/mol. The van der Waals surface area contributed by atoms with Crippen molar-refractivity contribution in [1.82, 2.24) is 19.9 Å². The maximum Gasteiger partial charge on any atom is 0.0705 e. The van der Waals surface area contributed by atoms with Crippen LogP contribution in [0.15, 0.2) is 36.5 Å². The van der Waals surface area contributed by atoms with Gasteiger partial charge in [-0.3, -0.25) is 4.98 Å². The topological polar surface area (TPSA) is 50.7 Å². The van der Waals surface area contributed by atoms with Crippen molar-refractivity contribution in [3.8, 4) is 0 Å². The van der Waals surface area contributed by atoms with Crippen molar-refractivity contribution < 1.29 is 0 Å². The van der Waals surface area contributed by atoms with Gasteiger partial charge in [-0.15, -0.1) is 5.10 Å². The molecule has 0 amide bonds. The third-order valence-electron chi connectivity index (χ3n) is 3.14. The monoisotopic (exact) mass is 270 g/mol. The lowest BCUT2D eigenvalue weighted by molar-refractivity contribution is 0.703. The fourth-order valence-electron chi connectivity index (χ4n) is 2.20. The summed E-state index contributed by atoms with van der Waals surface area (Å²) in [5.74, 6) is 0. The largest absolute Gasteiger partial charge is 0.309 e. The summed E-state index contributed by atoms with van der Waals surface area (Å²) in [5.41, 5.74) is 3.27. The predicted molar refractivity (Wildman–Crippen MR) is 77.3 cm³/mol. The number of pyridine rings is 1. The molecule has 0 radical (unpaired) electrons. The van der Waals surface area contributed by atoms with Crippen LogP contribution >= 0.6 is 11.5 Å². The molecule has 4 nitrogen and oxygen atoms in total. The molecule has 0 bridgehead atoms. The van der Waals surface area contributed by atoms with Gasteiger partial charge in [0.1, 0.15) is 0 Å². The van der Waals surface area contributed by atoms with Crippen LogP contribution in [0.1, 0.15) is 22.2 Å². The summed E-state index contributed by atoms with van der Waals surface area (Å²) in [6.45, 7) is 2.01. The van der Waals surface area contributed by atoms with Crippen molar-refractivity contribution in [2.24, 2.45) is 0 Å². The van der Waals surface area contributed by atoms with E-state index in [0.717, 1.165) is 21.5 Å². The number of nitrogens with zero attached hydrogens (tertiary/aromatic N) is 3. The first-order valence-corrected chi connectivity index (χ1v) is 6.87. The Bertz CT molecular complexity index is 694. The zero-order valence-electron chi connectivity index (χ0n) is 10.8. The van der Waals surface area contributed by atoms with Crippen LogP contribution in [0.2, 0.25) is 0 Å². The molecule has 1 aromatic carbocycles. The number of fused-ring (bicyclic) bond motifs is 1. The molecule has 0 saturated heterocycles. The van der Waals surface area contributed by atoms with Gasteiger partial charge in [0.15, 0.2) is 0 Å². The summed E-state index contributed by atoms with van der Waals surface area (Å²) < 4.78 is 3.93. The van der Waals surface area contributed by atoms with E-state index in [2.05, 4.69) is 44.2 Å². The highest BCUT2D eigenvalue weighted by Crippen LogP contribution is 2.26. The molecule has 2 heterocycles. The Morgan fingerprint density at radius 3 is 2.84 bits per heavy atom. The van der Waals surface area contributed by atoms with Gasteiger partial charge >= 0.3 is 0 Å². The van der Waals surface area contributed by atoms with E-state index in [0.29, 0.717) is 0 Å². The van der Waals surface area contributed by atoms with Crippen molar-refractivity contribution in [3.63, 3.8) is 0 Å². The van der Waals surface area contributed by atoms with Gasteiger partial charge in [0.05, 0.1) is 22.6 Å². The first-order chi connectivity index (χ1) is 9.28. The number of nitrogens with one attached hydrogen (secondary N) is 1. The quantitative estimate of drug-likeness (QED) is 0.795. The predicted octanol–water partition coefficient (Wildman–Crippen LogP) is 2.70. The summed E-state index contributed by atoms with van der Waals surface area (Å²) in [7, 11) is 1.95. The number of aromatic nitrogens is 3. The average Bonchev–Trinajstić information content (AvgIpc) is 2.93. The minimum atomic E-state index is 0.130. The van der Waals surface area contributed by atoms with E-state index >= 15 is 0 Å². The van der Waals surface area contributed by atoms with Crippen LogP contribution in [0.25, 0.3) is 10.9 Å². The van der Waals surface area contributed by atoms with E-state index in [1.54, 1.807) is 0 Å². The van der Waals surface area contributed by atoms with Crippen LogP contribution in [-0.2, 0) is 0 Å². The van der Waals surface area contributed by atoms with E-state index in [1.807, 2.05) is 26.2 Å². The molecular weight excluding hydrogens is 256 g/mol. The molecular formula is C14H14N4S. The molecule has 3 rings (SSSR count). The zero-order valence-corrected chi connectivity index (χ0v) is 11.6. The zero-order chi connectivity index (χ0) is 13.2. The highest BCUT2D eigenvalue weighted by Gasteiger charge is 2.14. The van der Waals surface area contributed by atoms with E-state index in [1.165, 1.54) is 17.1 Å². The number of hydrogen-bond donors (Lipinski definition) is 1. The first kappa shape index (κ1) is 12.2. The van der Waals surface area contributed by atoms with Gasteiger partial charge in [-0.1, -0.05) is 16.6 Å². The fourth-order valence-corrected chi connectivity index (χ4v) is 2.84. The second-order valence-electron chi connectivity index (χ2n) is 4.45. The van der Waals surface area contributed by atoms with Gasteiger partial charge in [-0.05, 0) is 49.3 Å². The van der Waals surface area contributed by atoms with Crippen LogP contribution in [0, 0.1) is 6.92 Å². The van der Waals surface area contributed by atoms with Crippen molar-refractivity contribution in [2.45, 2.75) is 13.0 Å². The molecule has 5 heteroatoms. The van der Waals surface area contributed by atoms with Crippen LogP contribution in [0.5, 0.6) is 0 Å². The third kappa shape index (κ3) is 2.34. The molecule has 0 aliphatic heterocycles. The lowest BCUT2D eigenvalue weighted by atomic mass is 10.0. The molecule has 0 fully saturated rings. The van der Waals surface area contributed by atoms with Crippen molar-refractivity contribution in [2.75, 3.05) is 7.05 Å². The molecule has 96 valence electrons. The Labute approximate surface area is 115 Å². The standard InChI is InChI=1S/C14H14N4S/c1-9-3-4-10-7-11(5-6-12(10)17-9)14(15-2)13-8-16-18-19-13/h3-8,14-15H,1-2H3. The first-order valence-electron chi connectivity index (χ1n) is 6.10. The molecule has 0 aliphatic carbocycles. The van der Waals surface area contributed by atoms with Gasteiger partial charge < -0.3 is 5.32 Å². The molecule has 3 aromatic rings. The summed E-state index contributed by atoms with van der Waals surface area (Å²) in [6.07, 6.45) is 1.81. The van der Waals surface area contributed by atoms with Gasteiger partial charge in [0, 0.05) is 11.1 Å². The van der Waals surface area contributed by atoms with E-state index in [-0.39, 0.29) is 6.04 Å². The lowest BCUT2D eigenvalue weighted by Crippen LogP contribution is -2.16. The second kappa shape index (κ2) is 5.03. The molecule has 1 atom stereocenters. The van der Waals surface area contributed by atoms with Gasteiger partial charge in [-0.25, -0.2) is 0 Å². The molecule has 1 N–H and O–H groups in total. The van der Waals surface area contributed by atoms with Gasteiger partial charge in [-0.2, -0.15) is 0 Å². The summed E-state index contributed by atoms with van der Waals surface area (Å²) in [5, 5.41) is 8.37. The maximum atomic E-state index is 4.52. The second-order valence-corrected chi connectivity index (χ2v) is 5.26. The Morgan fingerprint density at radius 2 is 2.11 bits per heavy atom. The Hall–Kier alpha value is -1.85. The third-order valence-corrected chi connectivity index (χ3v) is 3.87. The Balaban J connectivity index is 2.07. The SMILES string of the molecule is CNC(c1ccc2nc(C)ccc2c1)c1cnns1. The lowest BCUT2D eigenvalue weighted by Gasteiger charge is -2.14. The maximum absolute atomic E-state index is 4.52. The summed E-state index contributed by atoms with van der Waals surface area (Å²) in [4.78, 5) is 5.64. The molecule has 2 aromatic heterocycles. The highest BCUT2D eigenvalue weighted by molar-refractivity contribution is 7.05. The van der Waals surface area contributed by atoms with Crippen molar-refractivity contribution in [3.05, 3.63) is 52.7 Å². The minimum absolute atomic E-state index is 0.130. The van der Waals surface area contributed by atoms with Crippen molar-refractivity contribution >= 4 is 22.4 Å². The van der Waals surface area contributed by atoms with E-state index in [4.69, 9.17) is 0 Å². The van der Waals surface area contributed by atoms with Crippen molar-refractivity contribution in [1.29, 1.82) is 0 Å². The van der Waals surface area contributed by atoms with E-state index in [9.17, 15) is 0 Å². The Kier molecular flexibility index (Phi) is 3.23. The fraction of sp³-hybridized carbons (Fsp3) is 0.214. The van der Waals surface area contributed by atoms with Crippen LogP contribution in [-0.4, -0.2) is 21.6 Å².